The molecular formula is C15H20N4O2. The van der Waals surface area contributed by atoms with Crippen molar-refractivity contribution < 1.29 is 9.53 Å². The quantitative estimate of drug-likeness (QED) is 0.913. The fourth-order valence-electron chi connectivity index (χ4n) is 2.76. The van der Waals surface area contributed by atoms with E-state index in [0.717, 1.165) is 24.3 Å². The fourth-order valence-corrected chi connectivity index (χ4v) is 2.76. The van der Waals surface area contributed by atoms with Gasteiger partial charge in [-0.2, -0.15) is 0 Å². The molecule has 0 radical (unpaired) electrons. The van der Waals surface area contributed by atoms with Gasteiger partial charge < -0.3 is 10.1 Å². The Kier molecular flexibility index (Phi) is 3.41. The van der Waals surface area contributed by atoms with Gasteiger partial charge in [0.05, 0.1) is 11.2 Å². The van der Waals surface area contributed by atoms with Crippen LogP contribution in [0.2, 0.25) is 0 Å². The molecule has 2 aromatic rings. The summed E-state index contributed by atoms with van der Waals surface area (Å²) in [5.41, 5.74) is 1.19. The van der Waals surface area contributed by atoms with Crippen LogP contribution in [0, 0.1) is 6.92 Å². The number of hydrogen-bond donors (Lipinski definition) is 1. The molecule has 3 heterocycles. The first kappa shape index (κ1) is 14.0. The summed E-state index contributed by atoms with van der Waals surface area (Å²) < 4.78 is 7.50. The Bertz CT molecular complexity index is 677. The summed E-state index contributed by atoms with van der Waals surface area (Å²) >= 11 is 0. The van der Waals surface area contributed by atoms with Gasteiger partial charge in [-0.1, -0.05) is 0 Å². The van der Waals surface area contributed by atoms with Crippen LogP contribution < -0.4 is 5.32 Å². The normalized spacial score (nSPS) is 21.4. The van der Waals surface area contributed by atoms with E-state index < -0.39 is 0 Å². The molecular weight excluding hydrogens is 268 g/mol. The number of rotatable bonds is 2. The highest BCUT2D eigenvalue weighted by Gasteiger charge is 2.29. The topological polar surface area (TPSA) is 68.5 Å². The molecule has 2 aromatic heterocycles. The lowest BCUT2D eigenvalue weighted by molar-refractivity contribution is -0.0615. The molecule has 0 bridgehead atoms. The van der Waals surface area contributed by atoms with Crippen LogP contribution in [0.5, 0.6) is 0 Å². The first-order valence-corrected chi connectivity index (χ1v) is 7.21. The number of nitrogens with one attached hydrogen (secondary N) is 1. The maximum absolute atomic E-state index is 12.4. The van der Waals surface area contributed by atoms with Crippen LogP contribution in [-0.4, -0.2) is 38.8 Å². The average molecular weight is 288 g/mol. The van der Waals surface area contributed by atoms with Gasteiger partial charge in [0.1, 0.15) is 5.82 Å². The molecule has 1 atom stereocenters. The van der Waals surface area contributed by atoms with Gasteiger partial charge >= 0.3 is 0 Å². The maximum Gasteiger partial charge on any atom is 0.253 e. The van der Waals surface area contributed by atoms with Crippen LogP contribution in [0.25, 0.3) is 5.65 Å². The standard InChI is InChI=1S/C15H20N4O2/c1-10-17-18-13-5-4-11(9-19(10)13)14(20)16-12-6-7-21-15(2,3)8-12/h4-5,9,12H,6-8H2,1-3H3,(H,16,20). The zero-order valence-electron chi connectivity index (χ0n) is 12.6. The number of aryl methyl sites for hydroxylation is 1. The van der Waals surface area contributed by atoms with Crippen LogP contribution in [0.15, 0.2) is 18.3 Å². The van der Waals surface area contributed by atoms with E-state index in [1.165, 1.54) is 0 Å². The van der Waals surface area contributed by atoms with E-state index in [9.17, 15) is 4.79 Å². The lowest BCUT2D eigenvalue weighted by atomic mass is 9.94. The van der Waals surface area contributed by atoms with Gasteiger partial charge in [-0.15, -0.1) is 10.2 Å². The minimum Gasteiger partial charge on any atom is -0.375 e. The SMILES string of the molecule is Cc1nnc2ccc(C(=O)NC3CCOC(C)(C)C3)cn12. The summed E-state index contributed by atoms with van der Waals surface area (Å²) in [5, 5.41) is 11.1. The van der Waals surface area contributed by atoms with Gasteiger partial charge in [0.25, 0.3) is 5.91 Å². The molecule has 1 aliphatic rings. The van der Waals surface area contributed by atoms with Gasteiger partial charge in [0.2, 0.25) is 0 Å². The van der Waals surface area contributed by atoms with Crippen LogP contribution >= 0.6 is 0 Å². The van der Waals surface area contributed by atoms with Crippen molar-refractivity contribution in [2.75, 3.05) is 6.61 Å². The molecule has 1 N–H and O–H groups in total. The van der Waals surface area contributed by atoms with Crippen molar-refractivity contribution in [3.8, 4) is 0 Å². The molecule has 21 heavy (non-hydrogen) atoms. The number of carbonyl (C=O) groups is 1. The lowest BCUT2D eigenvalue weighted by Gasteiger charge is -2.35. The third-order valence-corrected chi connectivity index (χ3v) is 3.87. The summed E-state index contributed by atoms with van der Waals surface area (Å²) in [4.78, 5) is 12.4. The molecule has 1 fully saturated rings. The Morgan fingerprint density at radius 2 is 2.24 bits per heavy atom. The van der Waals surface area contributed by atoms with E-state index >= 15 is 0 Å². The highest BCUT2D eigenvalue weighted by Crippen LogP contribution is 2.24. The zero-order valence-corrected chi connectivity index (χ0v) is 12.6. The maximum atomic E-state index is 12.4. The van der Waals surface area contributed by atoms with Crippen LogP contribution in [0.1, 0.15) is 42.9 Å². The van der Waals surface area contributed by atoms with Crippen molar-refractivity contribution in [2.45, 2.75) is 45.3 Å². The molecule has 1 unspecified atom stereocenters. The van der Waals surface area contributed by atoms with Crippen molar-refractivity contribution in [3.05, 3.63) is 29.7 Å². The summed E-state index contributed by atoms with van der Waals surface area (Å²) in [6.45, 7) is 6.65. The van der Waals surface area contributed by atoms with E-state index in [1.54, 1.807) is 12.3 Å². The lowest BCUT2D eigenvalue weighted by Crippen LogP contribution is -2.45. The second-order valence-corrected chi connectivity index (χ2v) is 6.16. The van der Waals surface area contributed by atoms with Crippen molar-refractivity contribution in [3.63, 3.8) is 0 Å². The van der Waals surface area contributed by atoms with E-state index in [1.807, 2.05) is 17.4 Å². The van der Waals surface area contributed by atoms with Crippen molar-refractivity contribution in [1.82, 2.24) is 19.9 Å². The number of nitrogens with zero attached hydrogens (tertiary/aromatic N) is 3. The number of ether oxygens (including phenoxy) is 1. The highest BCUT2D eigenvalue weighted by atomic mass is 16.5. The zero-order chi connectivity index (χ0) is 15.0. The van der Waals surface area contributed by atoms with Crippen molar-refractivity contribution in [1.29, 1.82) is 0 Å². The van der Waals surface area contributed by atoms with E-state index in [2.05, 4.69) is 29.4 Å². The Hall–Kier alpha value is -1.95. The largest absolute Gasteiger partial charge is 0.375 e. The minimum absolute atomic E-state index is 0.0623. The first-order chi connectivity index (χ1) is 9.94. The Morgan fingerprint density at radius 3 is 3.00 bits per heavy atom. The third-order valence-electron chi connectivity index (χ3n) is 3.87. The van der Waals surface area contributed by atoms with Gasteiger partial charge in [-0.05, 0) is 45.7 Å². The Balaban J connectivity index is 1.76. The first-order valence-electron chi connectivity index (χ1n) is 7.21. The van der Waals surface area contributed by atoms with E-state index in [0.29, 0.717) is 12.2 Å². The van der Waals surface area contributed by atoms with Crippen molar-refractivity contribution >= 4 is 11.6 Å². The predicted molar refractivity (Wildman–Crippen MR) is 78.2 cm³/mol. The fraction of sp³-hybridized carbons (Fsp3) is 0.533. The predicted octanol–water partition coefficient (Wildman–Crippen LogP) is 1.73. The number of hydrogen-bond acceptors (Lipinski definition) is 4. The van der Waals surface area contributed by atoms with Crippen LogP contribution in [-0.2, 0) is 4.74 Å². The molecule has 1 aliphatic heterocycles. The number of fused-ring (bicyclic) bond motifs is 1. The van der Waals surface area contributed by atoms with Gasteiger partial charge in [-0.3, -0.25) is 9.20 Å². The summed E-state index contributed by atoms with van der Waals surface area (Å²) in [7, 11) is 0. The van der Waals surface area contributed by atoms with Crippen molar-refractivity contribution in [2.24, 2.45) is 0 Å². The second-order valence-electron chi connectivity index (χ2n) is 6.16. The molecule has 6 heteroatoms. The number of carbonyl (C=O) groups excluding carboxylic acids is 1. The number of aromatic nitrogens is 3. The van der Waals surface area contributed by atoms with Gasteiger partial charge in [-0.25, -0.2) is 0 Å². The summed E-state index contributed by atoms with van der Waals surface area (Å²) in [6, 6.07) is 3.74. The summed E-state index contributed by atoms with van der Waals surface area (Å²) in [6.07, 6.45) is 3.46. The van der Waals surface area contributed by atoms with Gasteiger partial charge in [0, 0.05) is 18.8 Å². The van der Waals surface area contributed by atoms with E-state index in [4.69, 9.17) is 4.74 Å². The molecule has 1 saturated heterocycles. The molecule has 0 spiro atoms. The molecule has 112 valence electrons. The molecule has 0 aromatic carbocycles. The van der Waals surface area contributed by atoms with Gasteiger partial charge in [0.15, 0.2) is 5.65 Å². The Labute approximate surface area is 123 Å². The van der Waals surface area contributed by atoms with Crippen LogP contribution in [0.4, 0.5) is 0 Å². The second kappa shape index (κ2) is 5.11. The van der Waals surface area contributed by atoms with Crippen LogP contribution in [0.3, 0.4) is 0 Å². The van der Waals surface area contributed by atoms with E-state index in [-0.39, 0.29) is 17.6 Å². The average Bonchev–Trinajstić information content (AvgIpc) is 2.79. The third kappa shape index (κ3) is 2.90. The Morgan fingerprint density at radius 1 is 1.43 bits per heavy atom. The molecule has 0 saturated carbocycles. The number of amides is 1. The molecule has 3 rings (SSSR count). The molecule has 6 nitrogen and oxygen atoms in total. The minimum atomic E-state index is -0.176. The smallest absolute Gasteiger partial charge is 0.253 e. The number of pyridine rings is 1. The molecule has 0 aliphatic carbocycles. The monoisotopic (exact) mass is 288 g/mol. The summed E-state index contributed by atoms with van der Waals surface area (Å²) in [5.74, 6) is 0.708. The molecule has 1 amide bonds. The highest BCUT2D eigenvalue weighted by molar-refractivity contribution is 5.94.